The maximum absolute atomic E-state index is 17.0. The van der Waals surface area contributed by atoms with Crippen LogP contribution in [0.5, 0.6) is 6.01 Å². The summed E-state index contributed by atoms with van der Waals surface area (Å²) in [6.45, 7) is 3.53. The number of fused-ring (bicyclic) bond motifs is 8. The minimum atomic E-state index is -2.91. The molecule has 8 heterocycles. The first kappa shape index (κ1) is 29.8. The van der Waals surface area contributed by atoms with Gasteiger partial charge in [0.2, 0.25) is 0 Å². The second-order valence-corrected chi connectivity index (χ2v) is 13.4. The van der Waals surface area contributed by atoms with Gasteiger partial charge in [-0.2, -0.15) is 15.1 Å². The maximum atomic E-state index is 17.0. The molecule has 6 bridgehead atoms. The van der Waals surface area contributed by atoms with Gasteiger partial charge in [0.05, 0.1) is 35.2 Å². The Labute approximate surface area is 263 Å². The van der Waals surface area contributed by atoms with Crippen molar-refractivity contribution in [3.05, 3.63) is 35.4 Å². The third-order valence-electron chi connectivity index (χ3n) is 10.5. The standard InChI is InChI=1S/C33H37F4N7O2/c1-19-11-25-23(14-39-42-25)26-22(19)5-2-3-10-45-17-20-15-43(9-7-33(20,36)37)30-24-13-38-29(26)27(35)28(24)40-31(41-30)46-18-32-6-4-8-44(32)16-21(34)12-32/h11,13-14,20-21H,2-10,12,15-18H2,1H3,(H,39,42)/t20?,21-,32+/m1/s1. The monoisotopic (exact) mass is 639 g/mol. The number of aromatic nitrogens is 5. The number of halogens is 4. The van der Waals surface area contributed by atoms with Crippen molar-refractivity contribution in [3.8, 4) is 17.3 Å². The van der Waals surface area contributed by atoms with Gasteiger partial charge in [0.1, 0.15) is 29.8 Å². The third kappa shape index (κ3) is 4.97. The molecule has 5 aliphatic heterocycles. The normalized spacial score (nSPS) is 26.7. The van der Waals surface area contributed by atoms with Gasteiger partial charge in [-0.05, 0) is 62.8 Å². The lowest BCUT2D eigenvalue weighted by Gasteiger charge is -2.39. The molecule has 46 heavy (non-hydrogen) atoms. The Morgan fingerprint density at radius 2 is 1.98 bits per heavy atom. The number of piperidine rings is 1. The van der Waals surface area contributed by atoms with Gasteiger partial charge >= 0.3 is 6.01 Å². The van der Waals surface area contributed by atoms with E-state index in [9.17, 15) is 4.39 Å². The molecular formula is C33H37F4N7O2. The van der Waals surface area contributed by atoms with E-state index in [2.05, 4.69) is 25.1 Å². The summed E-state index contributed by atoms with van der Waals surface area (Å²) in [4.78, 5) is 17.8. The van der Waals surface area contributed by atoms with E-state index in [1.165, 1.54) is 6.20 Å². The minimum Gasteiger partial charge on any atom is -0.461 e. The number of hydrogen-bond donors (Lipinski definition) is 1. The molecule has 1 N–H and O–H groups in total. The zero-order valence-corrected chi connectivity index (χ0v) is 25.8. The van der Waals surface area contributed by atoms with E-state index in [4.69, 9.17) is 14.5 Å². The number of ether oxygens (including phenoxy) is 2. The van der Waals surface area contributed by atoms with E-state index in [0.717, 1.165) is 47.8 Å². The van der Waals surface area contributed by atoms with Crippen molar-refractivity contribution in [1.82, 2.24) is 30.0 Å². The van der Waals surface area contributed by atoms with Gasteiger partial charge in [-0.1, -0.05) is 0 Å². The number of rotatable bonds is 3. The summed E-state index contributed by atoms with van der Waals surface area (Å²) >= 11 is 0. The molecule has 5 aliphatic rings. The number of aryl methyl sites for hydroxylation is 1. The van der Waals surface area contributed by atoms with Crippen LogP contribution in [-0.4, -0.2) is 93.7 Å². The number of hydrogen-bond acceptors (Lipinski definition) is 8. The highest BCUT2D eigenvalue weighted by Gasteiger charge is 2.50. The number of pyridine rings is 1. The summed E-state index contributed by atoms with van der Waals surface area (Å²) in [5.74, 6) is -4.33. The van der Waals surface area contributed by atoms with Crippen molar-refractivity contribution in [3.63, 3.8) is 0 Å². The largest absolute Gasteiger partial charge is 0.461 e. The lowest BCUT2D eigenvalue weighted by molar-refractivity contribution is -0.0986. The van der Waals surface area contributed by atoms with Crippen LogP contribution in [0.3, 0.4) is 0 Å². The Kier molecular flexibility index (Phi) is 7.31. The van der Waals surface area contributed by atoms with E-state index in [0.29, 0.717) is 49.2 Å². The molecule has 3 saturated heterocycles. The van der Waals surface area contributed by atoms with Crippen molar-refractivity contribution >= 4 is 27.6 Å². The molecule has 0 saturated carbocycles. The van der Waals surface area contributed by atoms with Gasteiger partial charge in [0.25, 0.3) is 5.92 Å². The summed E-state index contributed by atoms with van der Waals surface area (Å²) in [5.41, 5.74) is 2.99. The van der Waals surface area contributed by atoms with Crippen molar-refractivity contribution in [2.75, 3.05) is 50.9 Å². The highest BCUT2D eigenvalue weighted by Crippen LogP contribution is 2.43. The number of benzene rings is 1. The summed E-state index contributed by atoms with van der Waals surface area (Å²) in [5, 5.41) is 8.30. The maximum Gasteiger partial charge on any atom is 0.319 e. The Morgan fingerprint density at radius 3 is 2.87 bits per heavy atom. The Bertz CT molecular complexity index is 1800. The molecule has 1 unspecified atom stereocenters. The van der Waals surface area contributed by atoms with Gasteiger partial charge in [0.15, 0.2) is 5.82 Å². The molecule has 3 atom stereocenters. The molecule has 13 heteroatoms. The molecule has 3 fully saturated rings. The predicted molar refractivity (Wildman–Crippen MR) is 165 cm³/mol. The number of nitrogens with zero attached hydrogens (tertiary/aromatic N) is 6. The van der Waals surface area contributed by atoms with Gasteiger partial charge in [0, 0.05) is 56.2 Å². The Morgan fingerprint density at radius 1 is 1.09 bits per heavy atom. The van der Waals surface area contributed by atoms with Crippen molar-refractivity contribution in [2.24, 2.45) is 5.92 Å². The van der Waals surface area contributed by atoms with E-state index >= 15 is 13.2 Å². The van der Waals surface area contributed by atoms with Crippen molar-refractivity contribution < 1.29 is 27.0 Å². The highest BCUT2D eigenvalue weighted by atomic mass is 19.3. The average Bonchev–Trinajstić information content (AvgIpc) is 3.72. The molecule has 3 aromatic heterocycles. The number of anilines is 1. The van der Waals surface area contributed by atoms with Crippen molar-refractivity contribution in [2.45, 2.75) is 69.5 Å². The zero-order valence-electron chi connectivity index (χ0n) is 25.8. The second-order valence-electron chi connectivity index (χ2n) is 13.4. The molecule has 9 nitrogen and oxygen atoms in total. The fraction of sp³-hybridized carbons (Fsp3) is 0.576. The number of nitrogens with one attached hydrogen (secondary N) is 1. The molecule has 0 aliphatic carbocycles. The smallest absolute Gasteiger partial charge is 0.319 e. The predicted octanol–water partition coefficient (Wildman–Crippen LogP) is 5.79. The molecule has 0 spiro atoms. The molecule has 1 aromatic carbocycles. The molecule has 0 amide bonds. The van der Waals surface area contributed by atoms with Crippen LogP contribution in [0.25, 0.3) is 33.1 Å². The van der Waals surface area contributed by atoms with Crippen LogP contribution in [0, 0.1) is 18.7 Å². The molecule has 9 rings (SSSR count). The number of aromatic amines is 1. The summed E-state index contributed by atoms with van der Waals surface area (Å²) in [7, 11) is 0. The molecule has 4 aromatic rings. The van der Waals surface area contributed by atoms with Crippen LogP contribution in [0.1, 0.15) is 49.7 Å². The van der Waals surface area contributed by atoms with Crippen LogP contribution in [0.2, 0.25) is 0 Å². The Hall–Kier alpha value is -3.58. The fourth-order valence-electron chi connectivity index (χ4n) is 8.09. The van der Waals surface area contributed by atoms with E-state index in [1.807, 2.05) is 13.0 Å². The summed E-state index contributed by atoms with van der Waals surface area (Å²) < 4.78 is 73.8. The molecule has 0 radical (unpaired) electrons. The van der Waals surface area contributed by atoms with E-state index in [1.54, 1.807) is 11.1 Å². The van der Waals surface area contributed by atoms with Gasteiger partial charge in [-0.25, -0.2) is 17.6 Å². The quantitative estimate of drug-likeness (QED) is 0.282. The van der Waals surface area contributed by atoms with Gasteiger partial charge < -0.3 is 14.4 Å². The molecule has 244 valence electrons. The average molecular weight is 640 g/mol. The van der Waals surface area contributed by atoms with E-state index in [-0.39, 0.29) is 43.5 Å². The number of H-pyrrole nitrogens is 1. The topological polar surface area (TPSA) is 92.3 Å². The van der Waals surface area contributed by atoms with Gasteiger partial charge in [-0.3, -0.25) is 15.0 Å². The number of alkyl halides is 3. The van der Waals surface area contributed by atoms with Gasteiger partial charge in [-0.15, -0.1) is 0 Å². The first-order valence-corrected chi connectivity index (χ1v) is 16.3. The minimum absolute atomic E-state index is 0.00176. The van der Waals surface area contributed by atoms with Crippen LogP contribution < -0.4 is 9.64 Å². The third-order valence-corrected chi connectivity index (χ3v) is 10.5. The van der Waals surface area contributed by atoms with Crippen molar-refractivity contribution in [1.29, 1.82) is 0 Å². The van der Waals surface area contributed by atoms with Crippen LogP contribution in [-0.2, 0) is 11.2 Å². The first-order valence-electron chi connectivity index (χ1n) is 16.3. The molecular weight excluding hydrogens is 602 g/mol. The second kappa shape index (κ2) is 11.3. The van der Waals surface area contributed by atoms with E-state index < -0.39 is 35.8 Å². The summed E-state index contributed by atoms with van der Waals surface area (Å²) in [6.07, 6.45) is 5.99. The SMILES string of the molecule is Cc1cc2[nH]ncc2c2c1CCCCOCC1CN(CCC1(F)F)c1nc(OC[C@@]34CCCN3C[C@H](F)C4)nc3c(F)c-2ncc13. The lowest BCUT2D eigenvalue weighted by Crippen LogP contribution is -2.49. The Balaban J connectivity index is 1.29. The summed E-state index contributed by atoms with van der Waals surface area (Å²) in [6, 6.07) is 1.93. The fourth-order valence-corrected chi connectivity index (χ4v) is 8.09. The highest BCUT2D eigenvalue weighted by molar-refractivity contribution is 5.99. The van der Waals surface area contributed by atoms with Crippen LogP contribution >= 0.6 is 0 Å². The zero-order chi connectivity index (χ0) is 31.6. The van der Waals surface area contributed by atoms with Crippen LogP contribution in [0.4, 0.5) is 23.4 Å². The lowest BCUT2D eigenvalue weighted by atomic mass is 9.91. The first-order chi connectivity index (χ1) is 22.2. The van der Waals surface area contributed by atoms with Crippen LogP contribution in [0.15, 0.2) is 18.5 Å².